The predicted molar refractivity (Wildman–Crippen MR) is 108 cm³/mol. The third kappa shape index (κ3) is 5.07. The van der Waals surface area contributed by atoms with Crippen molar-refractivity contribution in [3.8, 4) is 5.75 Å². The van der Waals surface area contributed by atoms with Crippen LogP contribution in [0.4, 0.5) is 22.0 Å². The van der Waals surface area contributed by atoms with E-state index in [-0.39, 0.29) is 12.1 Å². The number of ether oxygens (including phenoxy) is 1. The number of piperidine rings is 1. The van der Waals surface area contributed by atoms with Crippen molar-refractivity contribution in [1.29, 1.82) is 0 Å². The van der Waals surface area contributed by atoms with Gasteiger partial charge in [-0.1, -0.05) is 11.6 Å². The Balaban J connectivity index is 1.76. The number of benzene rings is 2. The van der Waals surface area contributed by atoms with E-state index in [1.165, 1.54) is 24.1 Å². The lowest BCUT2D eigenvalue weighted by molar-refractivity contribution is 0.0673. The zero-order valence-electron chi connectivity index (χ0n) is 17.1. The van der Waals surface area contributed by atoms with Gasteiger partial charge in [0.15, 0.2) is 28.2 Å². The summed E-state index contributed by atoms with van der Waals surface area (Å²) in [4.78, 5) is 12.4. The van der Waals surface area contributed by atoms with Gasteiger partial charge in [0.2, 0.25) is 15.8 Å². The van der Waals surface area contributed by atoms with Crippen LogP contribution < -0.4 is 9.46 Å². The van der Waals surface area contributed by atoms with Crippen LogP contribution in [-0.4, -0.2) is 46.0 Å². The summed E-state index contributed by atoms with van der Waals surface area (Å²) in [6, 6.07) is 4.50. The zero-order valence-corrected chi connectivity index (χ0v) is 18.7. The van der Waals surface area contributed by atoms with Gasteiger partial charge in [0.1, 0.15) is 5.75 Å². The van der Waals surface area contributed by atoms with E-state index >= 15 is 0 Å². The second-order valence-electron chi connectivity index (χ2n) is 7.35. The first-order valence-electron chi connectivity index (χ1n) is 9.61. The van der Waals surface area contributed by atoms with E-state index in [4.69, 9.17) is 16.3 Å². The molecule has 2 aromatic carbocycles. The fourth-order valence-electron chi connectivity index (χ4n) is 3.55. The highest BCUT2D eigenvalue weighted by Crippen LogP contribution is 2.28. The van der Waals surface area contributed by atoms with E-state index in [2.05, 4.69) is 0 Å². The molecule has 0 saturated carbocycles. The molecule has 0 unspecified atom stereocenters. The summed E-state index contributed by atoms with van der Waals surface area (Å²) in [7, 11) is -3.69. The number of methoxy groups -OCH3 is 1. The molecule has 1 saturated heterocycles. The summed E-state index contributed by atoms with van der Waals surface area (Å²) in [6.07, 6.45) is 0.944. The number of rotatable bonds is 6. The molecule has 3 rings (SSSR count). The second-order valence-corrected chi connectivity index (χ2v) is 9.50. The summed E-state index contributed by atoms with van der Waals surface area (Å²) in [5.74, 6) is -12.7. The molecule has 1 heterocycles. The fraction of sp³-hybridized carbons (Fsp3) is 0.350. The highest BCUT2D eigenvalue weighted by molar-refractivity contribution is 7.89. The molecule has 1 aliphatic heterocycles. The number of sulfonamides is 1. The quantitative estimate of drug-likeness (QED) is 0.362. The molecule has 6 nitrogen and oxygen atoms in total. The third-order valence-corrected chi connectivity index (χ3v) is 6.88. The van der Waals surface area contributed by atoms with E-state index in [1.54, 1.807) is 6.07 Å². The number of hydrogen-bond acceptors (Lipinski definition) is 4. The number of nitrogens with one attached hydrogen (secondary N) is 1. The summed E-state index contributed by atoms with van der Waals surface area (Å²) in [6.45, 7) is 0.0435. The maximum absolute atomic E-state index is 13.9. The summed E-state index contributed by atoms with van der Waals surface area (Å²) < 4.78 is 99.5. The average molecular weight is 513 g/mol. The van der Waals surface area contributed by atoms with E-state index in [0.29, 0.717) is 30.2 Å². The number of halogens is 6. The number of hydrogen-bond donors (Lipinski definition) is 1. The minimum Gasteiger partial charge on any atom is -0.496 e. The van der Waals surface area contributed by atoms with Crippen LogP contribution in [0.15, 0.2) is 23.1 Å². The molecule has 1 N–H and O–H groups in total. The molecule has 0 aliphatic carbocycles. The maximum atomic E-state index is 13.9. The van der Waals surface area contributed by atoms with Gasteiger partial charge in [-0.2, -0.15) is 0 Å². The smallest absolute Gasteiger partial charge is 0.257 e. The Morgan fingerprint density at radius 3 is 2.33 bits per heavy atom. The first kappa shape index (κ1) is 25.2. The molecule has 1 fully saturated rings. The van der Waals surface area contributed by atoms with Gasteiger partial charge in [-0.3, -0.25) is 4.79 Å². The average Bonchev–Trinajstić information content (AvgIpc) is 2.80. The lowest BCUT2D eigenvalue weighted by Crippen LogP contribution is -2.44. The van der Waals surface area contributed by atoms with E-state index in [9.17, 15) is 35.2 Å². The zero-order chi connectivity index (χ0) is 24.5. The van der Waals surface area contributed by atoms with Gasteiger partial charge in [-0.05, 0) is 37.0 Å². The topological polar surface area (TPSA) is 75.7 Å². The molecule has 1 aliphatic rings. The van der Waals surface area contributed by atoms with E-state index in [1.807, 2.05) is 4.72 Å². The van der Waals surface area contributed by atoms with Gasteiger partial charge in [0.05, 0.1) is 12.7 Å². The molecular weight excluding hydrogens is 495 g/mol. The van der Waals surface area contributed by atoms with Crippen molar-refractivity contribution < 1.29 is 39.9 Å². The number of amides is 1. The molecule has 0 bridgehead atoms. The highest BCUT2D eigenvalue weighted by atomic mass is 35.5. The molecule has 180 valence electrons. The van der Waals surface area contributed by atoms with Crippen molar-refractivity contribution >= 4 is 27.5 Å². The Morgan fingerprint density at radius 1 is 1.12 bits per heavy atom. The lowest BCUT2D eigenvalue weighted by Gasteiger charge is -2.33. The van der Waals surface area contributed by atoms with Crippen molar-refractivity contribution in [3.05, 3.63) is 57.9 Å². The third-order valence-electron chi connectivity index (χ3n) is 5.20. The van der Waals surface area contributed by atoms with Crippen LogP contribution in [0.1, 0.15) is 23.2 Å². The number of carbonyl (C=O) groups excluding carboxylic acids is 1. The van der Waals surface area contributed by atoms with Gasteiger partial charge in [0, 0.05) is 24.7 Å². The number of carbonyl (C=O) groups is 1. The SMILES string of the molecule is COc1ccc(Cl)cc1C(=O)N1CCC[C@H](CNS(=O)(=O)c2c(F)c(F)c(F)c(F)c2F)C1. The van der Waals surface area contributed by atoms with Crippen LogP contribution in [-0.2, 0) is 10.0 Å². The van der Waals surface area contributed by atoms with E-state index < -0.39 is 62.4 Å². The van der Waals surface area contributed by atoms with Gasteiger partial charge >= 0.3 is 0 Å². The Kier molecular flexibility index (Phi) is 7.49. The first-order chi connectivity index (χ1) is 15.5. The largest absolute Gasteiger partial charge is 0.496 e. The Hall–Kier alpha value is -2.44. The molecule has 13 heteroatoms. The summed E-state index contributed by atoms with van der Waals surface area (Å²) >= 11 is 5.96. The van der Waals surface area contributed by atoms with Crippen LogP contribution >= 0.6 is 11.6 Å². The molecule has 1 atom stereocenters. The van der Waals surface area contributed by atoms with Crippen molar-refractivity contribution in [2.75, 3.05) is 26.7 Å². The predicted octanol–water partition coefficient (Wildman–Crippen LogP) is 3.87. The summed E-state index contributed by atoms with van der Waals surface area (Å²) in [5.41, 5.74) is 0.202. The molecule has 2 aromatic rings. The molecule has 0 aromatic heterocycles. The number of likely N-dealkylation sites (tertiary alicyclic amines) is 1. The fourth-order valence-corrected chi connectivity index (χ4v) is 4.98. The Bertz CT molecular complexity index is 1170. The lowest BCUT2D eigenvalue weighted by atomic mass is 9.97. The van der Waals surface area contributed by atoms with Gasteiger partial charge < -0.3 is 9.64 Å². The van der Waals surface area contributed by atoms with Gasteiger partial charge in [0.25, 0.3) is 5.91 Å². The molecular formula is C20H18ClF5N2O4S. The minimum atomic E-state index is -5.08. The van der Waals surface area contributed by atoms with Crippen LogP contribution in [0.2, 0.25) is 5.02 Å². The first-order valence-corrected chi connectivity index (χ1v) is 11.5. The Morgan fingerprint density at radius 2 is 1.73 bits per heavy atom. The van der Waals surface area contributed by atoms with Gasteiger partial charge in [-0.15, -0.1) is 0 Å². The van der Waals surface area contributed by atoms with Crippen molar-refractivity contribution in [2.45, 2.75) is 17.7 Å². The molecule has 1 amide bonds. The van der Waals surface area contributed by atoms with E-state index in [0.717, 1.165) is 0 Å². The van der Waals surface area contributed by atoms with Crippen LogP contribution in [0.25, 0.3) is 0 Å². The van der Waals surface area contributed by atoms with Crippen LogP contribution in [0.3, 0.4) is 0 Å². The van der Waals surface area contributed by atoms with Crippen LogP contribution in [0.5, 0.6) is 5.75 Å². The van der Waals surface area contributed by atoms with Gasteiger partial charge in [-0.25, -0.2) is 35.1 Å². The molecule has 0 spiro atoms. The minimum absolute atomic E-state index is 0.0775. The highest BCUT2D eigenvalue weighted by Gasteiger charge is 2.34. The molecule has 0 radical (unpaired) electrons. The monoisotopic (exact) mass is 512 g/mol. The second kappa shape index (κ2) is 9.82. The standard InChI is InChI=1S/C20H18ClF5N2O4S/c1-32-13-5-4-11(21)7-12(13)20(29)28-6-2-3-10(9-28)8-27-33(30,31)19-17(25)15(23)14(22)16(24)18(19)26/h4-5,7,10,27H,2-3,6,8-9H2,1H3/t10-/m1/s1. The van der Waals surface area contributed by atoms with Crippen molar-refractivity contribution in [3.63, 3.8) is 0 Å². The summed E-state index contributed by atoms with van der Waals surface area (Å²) in [5, 5.41) is 0.309. The normalized spacial score (nSPS) is 16.7. The maximum Gasteiger partial charge on any atom is 0.257 e. The van der Waals surface area contributed by atoms with Crippen LogP contribution in [0, 0.1) is 35.0 Å². The molecule has 33 heavy (non-hydrogen) atoms. The number of nitrogens with zero attached hydrogens (tertiary/aromatic N) is 1. The van der Waals surface area contributed by atoms with Crippen molar-refractivity contribution in [1.82, 2.24) is 9.62 Å². The van der Waals surface area contributed by atoms with Crippen molar-refractivity contribution in [2.24, 2.45) is 5.92 Å². The Labute approximate surface area is 191 Å².